The zero-order valence-electron chi connectivity index (χ0n) is 9.61. The molecule has 0 saturated carbocycles. The summed E-state index contributed by atoms with van der Waals surface area (Å²) in [6.07, 6.45) is -0.150. The minimum atomic E-state index is -0.284. The second-order valence-electron chi connectivity index (χ2n) is 4.27. The third-order valence-electron chi connectivity index (χ3n) is 3.03. The molecule has 18 heavy (non-hydrogen) atoms. The van der Waals surface area contributed by atoms with Crippen LogP contribution in [0.15, 0.2) is 23.0 Å². The van der Waals surface area contributed by atoms with Crippen molar-refractivity contribution < 1.29 is 9.47 Å². The second kappa shape index (κ2) is 4.76. The van der Waals surface area contributed by atoms with Crippen molar-refractivity contribution in [1.29, 1.82) is 0 Å². The lowest BCUT2D eigenvalue weighted by molar-refractivity contribution is -0.0892. The van der Waals surface area contributed by atoms with Crippen LogP contribution in [0, 0.1) is 0 Å². The van der Waals surface area contributed by atoms with Crippen molar-refractivity contribution in [2.45, 2.75) is 11.5 Å². The molecule has 1 saturated heterocycles. The van der Waals surface area contributed by atoms with Gasteiger partial charge < -0.3 is 19.4 Å². The van der Waals surface area contributed by atoms with Gasteiger partial charge in [-0.05, 0) is 17.7 Å². The van der Waals surface area contributed by atoms with Crippen LogP contribution in [0.2, 0.25) is 0 Å². The van der Waals surface area contributed by atoms with E-state index in [2.05, 4.69) is 9.97 Å². The maximum absolute atomic E-state index is 11.2. The SMILES string of the molecule is O=c1[nH]c2ccc(C(Cl)C3COCCO3)cc2[nH]1. The van der Waals surface area contributed by atoms with E-state index in [1.165, 1.54) is 0 Å². The molecular formula is C12H13ClN2O3. The van der Waals surface area contributed by atoms with Gasteiger partial charge in [0.15, 0.2) is 0 Å². The van der Waals surface area contributed by atoms with Crippen molar-refractivity contribution >= 4 is 22.6 Å². The Morgan fingerprint density at radius 2 is 2.11 bits per heavy atom. The molecule has 96 valence electrons. The van der Waals surface area contributed by atoms with E-state index >= 15 is 0 Å². The van der Waals surface area contributed by atoms with Gasteiger partial charge in [0.2, 0.25) is 0 Å². The van der Waals surface area contributed by atoms with Crippen molar-refractivity contribution in [2.24, 2.45) is 0 Å². The molecule has 0 radical (unpaired) electrons. The number of hydrogen-bond acceptors (Lipinski definition) is 3. The molecule has 2 atom stereocenters. The Labute approximate surface area is 108 Å². The summed E-state index contributed by atoms with van der Waals surface area (Å²) in [7, 11) is 0. The van der Waals surface area contributed by atoms with Crippen molar-refractivity contribution in [3.8, 4) is 0 Å². The van der Waals surface area contributed by atoms with Gasteiger partial charge in [0.05, 0.1) is 36.2 Å². The Bertz CT molecular complexity index is 601. The number of hydrogen-bond donors (Lipinski definition) is 2. The topological polar surface area (TPSA) is 67.1 Å². The molecule has 5 nitrogen and oxygen atoms in total. The Balaban J connectivity index is 1.90. The number of fused-ring (bicyclic) bond motifs is 1. The molecule has 1 aromatic heterocycles. The average molecular weight is 269 g/mol. The first kappa shape index (κ1) is 11.8. The summed E-state index contributed by atoms with van der Waals surface area (Å²) in [5.74, 6) is 0. The highest BCUT2D eigenvalue weighted by Crippen LogP contribution is 2.29. The Morgan fingerprint density at radius 3 is 2.89 bits per heavy atom. The number of rotatable bonds is 2. The lowest BCUT2D eigenvalue weighted by Gasteiger charge is -2.26. The Kier molecular flexibility index (Phi) is 3.11. The minimum absolute atomic E-state index is 0.150. The smallest absolute Gasteiger partial charge is 0.323 e. The van der Waals surface area contributed by atoms with Gasteiger partial charge in [0, 0.05) is 0 Å². The average Bonchev–Trinajstić information content (AvgIpc) is 2.78. The zero-order chi connectivity index (χ0) is 12.5. The summed E-state index contributed by atoms with van der Waals surface area (Å²) in [4.78, 5) is 16.6. The third-order valence-corrected chi connectivity index (χ3v) is 3.56. The number of ether oxygens (including phenoxy) is 2. The molecule has 1 fully saturated rings. The lowest BCUT2D eigenvalue weighted by atomic mass is 10.1. The number of alkyl halides is 1. The molecule has 1 aliphatic heterocycles. The van der Waals surface area contributed by atoms with Crippen LogP contribution in [0.4, 0.5) is 0 Å². The number of imidazole rings is 1. The predicted molar refractivity (Wildman–Crippen MR) is 68.1 cm³/mol. The molecular weight excluding hydrogens is 256 g/mol. The summed E-state index contributed by atoms with van der Waals surface area (Å²) in [6, 6.07) is 5.59. The third kappa shape index (κ3) is 2.16. The van der Waals surface area contributed by atoms with Crippen LogP contribution >= 0.6 is 11.6 Å². The van der Waals surface area contributed by atoms with Crippen LogP contribution in [0.5, 0.6) is 0 Å². The van der Waals surface area contributed by atoms with Gasteiger partial charge in [-0.25, -0.2) is 4.79 Å². The fourth-order valence-electron chi connectivity index (χ4n) is 2.11. The highest BCUT2D eigenvalue weighted by molar-refractivity contribution is 6.21. The first-order valence-corrected chi connectivity index (χ1v) is 6.23. The highest BCUT2D eigenvalue weighted by Gasteiger charge is 2.25. The molecule has 2 heterocycles. The van der Waals surface area contributed by atoms with E-state index in [9.17, 15) is 4.79 Å². The standard InChI is InChI=1S/C12H13ClN2O3/c13-11(10-6-17-3-4-18-10)7-1-2-8-9(5-7)15-12(16)14-8/h1-2,5,10-11H,3-4,6H2,(H2,14,15,16). The number of halogens is 1. The molecule has 2 aromatic rings. The van der Waals surface area contributed by atoms with Crippen LogP contribution in [0.25, 0.3) is 11.0 Å². The van der Waals surface area contributed by atoms with Gasteiger partial charge in [0.25, 0.3) is 0 Å². The van der Waals surface area contributed by atoms with E-state index in [0.29, 0.717) is 19.8 Å². The van der Waals surface area contributed by atoms with Crippen LogP contribution in [-0.2, 0) is 9.47 Å². The second-order valence-corrected chi connectivity index (χ2v) is 4.74. The predicted octanol–water partition coefficient (Wildman–Crippen LogP) is 1.55. The molecule has 6 heteroatoms. The molecule has 0 spiro atoms. The molecule has 2 unspecified atom stereocenters. The van der Waals surface area contributed by atoms with Crippen LogP contribution in [0.1, 0.15) is 10.9 Å². The van der Waals surface area contributed by atoms with Gasteiger partial charge in [-0.2, -0.15) is 0 Å². The molecule has 0 aliphatic carbocycles. The highest BCUT2D eigenvalue weighted by atomic mass is 35.5. The maximum Gasteiger partial charge on any atom is 0.323 e. The van der Waals surface area contributed by atoms with Crippen molar-refractivity contribution in [2.75, 3.05) is 19.8 Å². The number of H-pyrrole nitrogens is 2. The fourth-order valence-corrected chi connectivity index (χ4v) is 2.39. The van der Waals surface area contributed by atoms with E-state index in [-0.39, 0.29) is 17.2 Å². The number of aromatic amines is 2. The van der Waals surface area contributed by atoms with Gasteiger partial charge >= 0.3 is 5.69 Å². The molecule has 3 rings (SSSR count). The van der Waals surface area contributed by atoms with Gasteiger partial charge in [0.1, 0.15) is 6.10 Å². The summed E-state index contributed by atoms with van der Waals surface area (Å²) in [5.41, 5.74) is 2.22. The van der Waals surface area contributed by atoms with Crippen LogP contribution in [-0.4, -0.2) is 35.9 Å². The van der Waals surface area contributed by atoms with Gasteiger partial charge in [-0.3, -0.25) is 0 Å². The molecule has 0 amide bonds. The summed E-state index contributed by atoms with van der Waals surface area (Å²) in [5, 5.41) is -0.284. The zero-order valence-corrected chi connectivity index (χ0v) is 10.4. The normalized spacial score (nSPS) is 22.2. The molecule has 1 aliphatic rings. The maximum atomic E-state index is 11.2. The summed E-state index contributed by atoms with van der Waals surface area (Å²) >= 11 is 6.39. The number of nitrogens with one attached hydrogen (secondary N) is 2. The quantitative estimate of drug-likeness (QED) is 0.812. The number of aromatic nitrogens is 2. The molecule has 0 bridgehead atoms. The van der Waals surface area contributed by atoms with Crippen LogP contribution in [0.3, 0.4) is 0 Å². The van der Waals surface area contributed by atoms with E-state index in [1.807, 2.05) is 18.2 Å². The molecule has 2 N–H and O–H groups in total. The van der Waals surface area contributed by atoms with E-state index in [1.54, 1.807) is 0 Å². The molecule has 1 aromatic carbocycles. The monoisotopic (exact) mass is 268 g/mol. The fraction of sp³-hybridized carbons (Fsp3) is 0.417. The van der Waals surface area contributed by atoms with Crippen molar-refractivity contribution in [3.05, 3.63) is 34.2 Å². The van der Waals surface area contributed by atoms with E-state index in [0.717, 1.165) is 16.6 Å². The Morgan fingerprint density at radius 1 is 1.28 bits per heavy atom. The Hall–Kier alpha value is -1.30. The van der Waals surface area contributed by atoms with Crippen LogP contribution < -0.4 is 5.69 Å². The largest absolute Gasteiger partial charge is 0.376 e. The first-order valence-electron chi connectivity index (χ1n) is 5.79. The minimum Gasteiger partial charge on any atom is -0.376 e. The van der Waals surface area contributed by atoms with Crippen molar-refractivity contribution in [1.82, 2.24) is 9.97 Å². The van der Waals surface area contributed by atoms with E-state index < -0.39 is 0 Å². The summed E-state index contributed by atoms with van der Waals surface area (Å²) < 4.78 is 10.9. The lowest BCUT2D eigenvalue weighted by Crippen LogP contribution is -2.31. The van der Waals surface area contributed by atoms with Gasteiger partial charge in [-0.15, -0.1) is 11.6 Å². The summed E-state index contributed by atoms with van der Waals surface area (Å²) in [6.45, 7) is 1.68. The number of benzene rings is 1. The first-order chi connectivity index (χ1) is 8.74. The van der Waals surface area contributed by atoms with Gasteiger partial charge in [-0.1, -0.05) is 6.07 Å². The van der Waals surface area contributed by atoms with E-state index in [4.69, 9.17) is 21.1 Å². The van der Waals surface area contributed by atoms with Crippen molar-refractivity contribution in [3.63, 3.8) is 0 Å².